The normalized spacial score (nSPS) is 11.4. The SMILES string of the molecule is Cc1ccccc1-c1nc(C(=O)c2ccc(F)cc2)cn1S(=O)(=O)c1ccccc1. The molecular weight excluding hydrogens is 403 g/mol. The molecule has 0 saturated heterocycles. The van der Waals surface area contributed by atoms with Crippen molar-refractivity contribution in [2.45, 2.75) is 11.8 Å². The standard InChI is InChI=1S/C23H17FN2O3S/c1-16-7-5-6-10-20(16)23-25-21(22(27)17-11-13-18(24)14-12-17)15-26(23)30(28,29)19-8-3-2-4-9-19/h2-15H,1H3. The number of carbonyl (C=O) groups excluding carboxylic acids is 1. The molecule has 5 nitrogen and oxygen atoms in total. The van der Waals surface area contributed by atoms with Gasteiger partial charge in [0.25, 0.3) is 10.0 Å². The largest absolute Gasteiger partial charge is 0.287 e. The molecule has 0 aliphatic heterocycles. The van der Waals surface area contributed by atoms with E-state index in [4.69, 9.17) is 0 Å². The van der Waals surface area contributed by atoms with Crippen LogP contribution in [0.4, 0.5) is 4.39 Å². The Labute approximate surface area is 173 Å². The van der Waals surface area contributed by atoms with Crippen molar-refractivity contribution in [1.29, 1.82) is 0 Å². The number of imidazole rings is 1. The van der Waals surface area contributed by atoms with E-state index < -0.39 is 21.6 Å². The molecule has 0 bridgehead atoms. The molecule has 0 spiro atoms. The summed E-state index contributed by atoms with van der Waals surface area (Å²) in [6.45, 7) is 1.84. The summed E-state index contributed by atoms with van der Waals surface area (Å²) in [6.07, 6.45) is 1.22. The van der Waals surface area contributed by atoms with Gasteiger partial charge in [-0.3, -0.25) is 4.79 Å². The van der Waals surface area contributed by atoms with Gasteiger partial charge in [-0.15, -0.1) is 0 Å². The molecule has 150 valence electrons. The Kier molecular flexibility index (Phi) is 5.05. The van der Waals surface area contributed by atoms with Crippen molar-refractivity contribution in [2.24, 2.45) is 0 Å². The van der Waals surface area contributed by atoms with Crippen molar-refractivity contribution in [3.05, 3.63) is 108 Å². The van der Waals surface area contributed by atoms with Gasteiger partial charge < -0.3 is 0 Å². The maximum Gasteiger partial charge on any atom is 0.269 e. The number of nitrogens with zero attached hydrogens (tertiary/aromatic N) is 2. The van der Waals surface area contributed by atoms with Crippen LogP contribution in [0.5, 0.6) is 0 Å². The van der Waals surface area contributed by atoms with Gasteiger partial charge in [-0.05, 0) is 48.9 Å². The predicted octanol–water partition coefficient (Wildman–Crippen LogP) is 4.47. The molecule has 0 aliphatic rings. The van der Waals surface area contributed by atoms with Crippen LogP contribution in [-0.4, -0.2) is 23.2 Å². The molecule has 0 saturated carbocycles. The fourth-order valence-corrected chi connectivity index (χ4v) is 4.45. The van der Waals surface area contributed by atoms with Gasteiger partial charge in [0, 0.05) is 11.1 Å². The molecule has 0 N–H and O–H groups in total. The van der Waals surface area contributed by atoms with Gasteiger partial charge in [0.15, 0.2) is 5.82 Å². The molecule has 4 aromatic rings. The Hall–Kier alpha value is -3.58. The van der Waals surface area contributed by atoms with Gasteiger partial charge in [-0.1, -0.05) is 42.5 Å². The molecule has 30 heavy (non-hydrogen) atoms. The van der Waals surface area contributed by atoms with Crippen LogP contribution in [0.25, 0.3) is 11.4 Å². The zero-order chi connectivity index (χ0) is 21.3. The summed E-state index contributed by atoms with van der Waals surface area (Å²) in [7, 11) is -3.99. The van der Waals surface area contributed by atoms with E-state index in [1.807, 2.05) is 19.1 Å². The van der Waals surface area contributed by atoms with Crippen LogP contribution in [0.15, 0.2) is 90.0 Å². The maximum atomic E-state index is 13.3. The summed E-state index contributed by atoms with van der Waals surface area (Å²) in [5.41, 5.74) is 1.58. The molecule has 4 rings (SSSR count). The lowest BCUT2D eigenvalue weighted by Gasteiger charge is -2.10. The number of aromatic nitrogens is 2. The van der Waals surface area contributed by atoms with E-state index in [9.17, 15) is 17.6 Å². The van der Waals surface area contributed by atoms with Gasteiger partial charge in [0.1, 0.15) is 11.5 Å². The van der Waals surface area contributed by atoms with Gasteiger partial charge in [0.2, 0.25) is 5.78 Å². The second kappa shape index (κ2) is 7.68. The molecule has 0 amide bonds. The highest BCUT2D eigenvalue weighted by Crippen LogP contribution is 2.27. The summed E-state index contributed by atoms with van der Waals surface area (Å²) in [5, 5.41) is 0. The number of ketones is 1. The lowest BCUT2D eigenvalue weighted by atomic mass is 10.1. The average Bonchev–Trinajstić information content (AvgIpc) is 3.21. The highest BCUT2D eigenvalue weighted by Gasteiger charge is 2.26. The number of aryl methyl sites for hydroxylation is 1. The van der Waals surface area contributed by atoms with E-state index in [0.717, 1.165) is 9.54 Å². The Balaban J connectivity index is 1.92. The van der Waals surface area contributed by atoms with Gasteiger partial charge in [-0.2, -0.15) is 0 Å². The number of hydrogen-bond acceptors (Lipinski definition) is 4. The average molecular weight is 420 g/mol. The van der Waals surface area contributed by atoms with Crippen molar-refractivity contribution in [3.63, 3.8) is 0 Å². The zero-order valence-corrected chi connectivity index (χ0v) is 16.8. The molecule has 1 heterocycles. The van der Waals surface area contributed by atoms with E-state index in [0.29, 0.717) is 5.56 Å². The number of rotatable bonds is 5. The zero-order valence-electron chi connectivity index (χ0n) is 16.0. The quantitative estimate of drug-likeness (QED) is 0.447. The number of carbonyl (C=O) groups is 1. The highest BCUT2D eigenvalue weighted by atomic mass is 32.2. The minimum Gasteiger partial charge on any atom is -0.287 e. The molecule has 3 aromatic carbocycles. The summed E-state index contributed by atoms with van der Waals surface area (Å²) < 4.78 is 40.9. The van der Waals surface area contributed by atoms with E-state index in [-0.39, 0.29) is 22.0 Å². The van der Waals surface area contributed by atoms with Crippen molar-refractivity contribution >= 4 is 15.8 Å². The van der Waals surface area contributed by atoms with E-state index >= 15 is 0 Å². The van der Waals surface area contributed by atoms with Crippen molar-refractivity contribution in [3.8, 4) is 11.4 Å². The number of hydrogen-bond donors (Lipinski definition) is 0. The molecule has 0 aliphatic carbocycles. The third-order valence-corrected chi connectivity index (χ3v) is 6.36. The Morgan fingerprint density at radius 2 is 1.53 bits per heavy atom. The third kappa shape index (κ3) is 3.55. The monoisotopic (exact) mass is 420 g/mol. The van der Waals surface area contributed by atoms with Crippen LogP contribution in [0.1, 0.15) is 21.6 Å². The minimum atomic E-state index is -3.99. The molecule has 0 radical (unpaired) electrons. The van der Waals surface area contributed by atoms with Crippen LogP contribution >= 0.6 is 0 Å². The van der Waals surface area contributed by atoms with Crippen LogP contribution in [0.2, 0.25) is 0 Å². The second-order valence-electron chi connectivity index (χ2n) is 6.71. The van der Waals surface area contributed by atoms with Gasteiger partial charge in [-0.25, -0.2) is 21.8 Å². The van der Waals surface area contributed by atoms with Crippen LogP contribution in [-0.2, 0) is 10.0 Å². The maximum absolute atomic E-state index is 13.3. The summed E-state index contributed by atoms with van der Waals surface area (Å²) in [6, 6.07) is 20.2. The smallest absolute Gasteiger partial charge is 0.269 e. The summed E-state index contributed by atoms with van der Waals surface area (Å²) in [5.74, 6) is -0.821. The van der Waals surface area contributed by atoms with Crippen LogP contribution < -0.4 is 0 Å². The van der Waals surface area contributed by atoms with Crippen LogP contribution in [0, 0.1) is 12.7 Å². The van der Waals surface area contributed by atoms with Crippen molar-refractivity contribution in [2.75, 3.05) is 0 Å². The Morgan fingerprint density at radius 3 is 2.20 bits per heavy atom. The van der Waals surface area contributed by atoms with Crippen molar-refractivity contribution in [1.82, 2.24) is 8.96 Å². The molecule has 0 unspecified atom stereocenters. The fraction of sp³-hybridized carbons (Fsp3) is 0.0435. The first kappa shape index (κ1) is 19.7. The molecular formula is C23H17FN2O3S. The third-order valence-electron chi connectivity index (χ3n) is 4.70. The highest BCUT2D eigenvalue weighted by molar-refractivity contribution is 7.90. The fourth-order valence-electron chi connectivity index (χ4n) is 3.11. The first-order chi connectivity index (χ1) is 14.4. The van der Waals surface area contributed by atoms with E-state index in [1.54, 1.807) is 30.3 Å². The molecule has 0 fully saturated rings. The minimum absolute atomic E-state index is 0.0423. The summed E-state index contributed by atoms with van der Waals surface area (Å²) >= 11 is 0. The second-order valence-corrected chi connectivity index (χ2v) is 8.53. The first-order valence-corrected chi connectivity index (χ1v) is 10.6. The molecule has 1 aromatic heterocycles. The number of halogens is 1. The van der Waals surface area contributed by atoms with Gasteiger partial charge in [0.05, 0.1) is 11.1 Å². The lowest BCUT2D eigenvalue weighted by Crippen LogP contribution is -2.13. The Morgan fingerprint density at radius 1 is 0.900 bits per heavy atom. The molecule has 0 atom stereocenters. The van der Waals surface area contributed by atoms with Crippen LogP contribution in [0.3, 0.4) is 0 Å². The number of benzene rings is 3. The molecule has 7 heteroatoms. The first-order valence-electron chi connectivity index (χ1n) is 9.14. The predicted molar refractivity (Wildman–Crippen MR) is 111 cm³/mol. The van der Waals surface area contributed by atoms with Crippen molar-refractivity contribution < 1.29 is 17.6 Å². The van der Waals surface area contributed by atoms with E-state index in [2.05, 4.69) is 4.98 Å². The Bertz CT molecular complexity index is 1330. The van der Waals surface area contributed by atoms with E-state index in [1.165, 1.54) is 42.6 Å². The lowest BCUT2D eigenvalue weighted by molar-refractivity contribution is 0.103. The summed E-state index contributed by atoms with van der Waals surface area (Å²) in [4.78, 5) is 17.4. The van der Waals surface area contributed by atoms with Gasteiger partial charge >= 0.3 is 0 Å². The topological polar surface area (TPSA) is 69.0 Å².